The van der Waals surface area contributed by atoms with Gasteiger partial charge in [0.2, 0.25) is 5.82 Å². The molecule has 0 radical (unpaired) electrons. The van der Waals surface area contributed by atoms with Gasteiger partial charge in [-0.15, -0.1) is 5.10 Å². The molecular formula is C20H23N5O. The molecule has 6 heteroatoms. The second-order valence-corrected chi connectivity index (χ2v) is 7.18. The van der Waals surface area contributed by atoms with E-state index in [0.717, 1.165) is 38.0 Å². The van der Waals surface area contributed by atoms with Crippen LogP contribution in [0, 0.1) is 19.8 Å². The van der Waals surface area contributed by atoms with Crippen LogP contribution < -0.4 is 0 Å². The maximum atomic E-state index is 12.9. The predicted octanol–water partition coefficient (Wildman–Crippen LogP) is 2.84. The first-order valence-electron chi connectivity index (χ1n) is 9.13. The average molecular weight is 349 g/mol. The Morgan fingerprint density at radius 2 is 2.00 bits per heavy atom. The van der Waals surface area contributed by atoms with Crippen molar-refractivity contribution >= 4 is 11.7 Å². The van der Waals surface area contributed by atoms with E-state index in [0.29, 0.717) is 11.7 Å². The lowest BCUT2D eigenvalue weighted by Gasteiger charge is -2.32. The molecule has 1 saturated heterocycles. The average Bonchev–Trinajstić information content (AvgIpc) is 3.09. The number of carbonyl (C=O) groups is 1. The predicted molar refractivity (Wildman–Crippen MR) is 99.0 cm³/mol. The number of hydrogen-bond donors (Lipinski definition) is 0. The Morgan fingerprint density at radius 1 is 1.19 bits per heavy atom. The minimum Gasteiger partial charge on any atom is -0.336 e. The largest absolute Gasteiger partial charge is 0.336 e. The van der Waals surface area contributed by atoms with Gasteiger partial charge in [0.25, 0.3) is 11.7 Å². The Hall–Kier alpha value is -2.76. The molecule has 1 amide bonds. The first-order valence-corrected chi connectivity index (χ1v) is 9.13. The van der Waals surface area contributed by atoms with Crippen molar-refractivity contribution in [2.75, 3.05) is 13.1 Å². The standard InChI is InChI=1S/C20H23N5O/c1-14-5-7-16(8-6-14)12-17-4-3-11-24(13-17)19(26)18-22-20-21-10-9-15(2)25(20)23-18/h5-10,17H,3-4,11-13H2,1-2H3/t17-/m1/s1. The third-order valence-electron chi connectivity index (χ3n) is 5.07. The minimum absolute atomic E-state index is 0.0940. The summed E-state index contributed by atoms with van der Waals surface area (Å²) < 4.78 is 1.63. The topological polar surface area (TPSA) is 63.4 Å². The molecule has 0 spiro atoms. The number of aromatic nitrogens is 4. The Labute approximate surface area is 152 Å². The number of carbonyl (C=O) groups excluding carboxylic acids is 1. The summed E-state index contributed by atoms with van der Waals surface area (Å²) in [6, 6.07) is 10.5. The second-order valence-electron chi connectivity index (χ2n) is 7.18. The van der Waals surface area contributed by atoms with Crippen molar-refractivity contribution < 1.29 is 4.79 Å². The molecule has 0 N–H and O–H groups in total. The van der Waals surface area contributed by atoms with Crippen molar-refractivity contribution in [3.63, 3.8) is 0 Å². The van der Waals surface area contributed by atoms with Crippen molar-refractivity contribution in [2.45, 2.75) is 33.1 Å². The van der Waals surface area contributed by atoms with Gasteiger partial charge in [-0.1, -0.05) is 29.8 Å². The number of aryl methyl sites for hydroxylation is 2. The number of fused-ring (bicyclic) bond motifs is 1. The smallest absolute Gasteiger partial charge is 0.293 e. The molecule has 134 valence electrons. The van der Waals surface area contributed by atoms with Crippen LogP contribution in [0.1, 0.15) is 40.3 Å². The van der Waals surface area contributed by atoms with Gasteiger partial charge < -0.3 is 4.90 Å². The molecule has 0 unspecified atom stereocenters. The number of rotatable bonds is 3. The summed E-state index contributed by atoms with van der Waals surface area (Å²) in [5.41, 5.74) is 3.52. The molecular weight excluding hydrogens is 326 g/mol. The van der Waals surface area contributed by atoms with Gasteiger partial charge >= 0.3 is 0 Å². The van der Waals surface area contributed by atoms with Crippen molar-refractivity contribution in [1.29, 1.82) is 0 Å². The molecule has 0 saturated carbocycles. The first kappa shape index (κ1) is 16.7. The molecule has 0 bridgehead atoms. The molecule has 6 nitrogen and oxygen atoms in total. The SMILES string of the molecule is Cc1ccc(C[C@H]2CCCN(C(=O)c3nc4nccc(C)n4n3)C2)cc1. The number of nitrogens with zero attached hydrogens (tertiary/aromatic N) is 5. The molecule has 0 aliphatic carbocycles. The summed E-state index contributed by atoms with van der Waals surface area (Å²) in [5, 5.41) is 4.36. The maximum Gasteiger partial charge on any atom is 0.293 e. The van der Waals surface area contributed by atoms with Crippen molar-refractivity contribution in [2.24, 2.45) is 5.92 Å². The molecule has 1 aliphatic heterocycles. The van der Waals surface area contributed by atoms with Gasteiger partial charge in [0.05, 0.1) is 0 Å². The summed E-state index contributed by atoms with van der Waals surface area (Å²) in [4.78, 5) is 23.3. The van der Waals surface area contributed by atoms with E-state index in [-0.39, 0.29) is 11.7 Å². The third-order valence-corrected chi connectivity index (χ3v) is 5.07. The lowest BCUT2D eigenvalue weighted by atomic mass is 9.91. The van der Waals surface area contributed by atoms with Crippen molar-refractivity contribution in [3.05, 3.63) is 59.2 Å². The van der Waals surface area contributed by atoms with Gasteiger partial charge in [-0.3, -0.25) is 4.79 Å². The molecule has 2 aromatic heterocycles. The summed E-state index contributed by atoms with van der Waals surface area (Å²) in [6.07, 6.45) is 4.86. The van der Waals surface area contributed by atoms with Crippen LogP contribution in [0.25, 0.3) is 5.78 Å². The minimum atomic E-state index is -0.0940. The number of hydrogen-bond acceptors (Lipinski definition) is 4. The molecule has 1 aromatic carbocycles. The molecule has 3 aromatic rings. The van der Waals surface area contributed by atoms with Crippen molar-refractivity contribution in [1.82, 2.24) is 24.5 Å². The highest BCUT2D eigenvalue weighted by Crippen LogP contribution is 2.22. The third kappa shape index (κ3) is 3.31. The van der Waals surface area contributed by atoms with Gasteiger partial charge in [-0.25, -0.2) is 9.50 Å². The Balaban J connectivity index is 1.48. The van der Waals surface area contributed by atoms with E-state index in [1.54, 1.807) is 10.7 Å². The Bertz CT molecular complexity index is 931. The monoisotopic (exact) mass is 349 g/mol. The normalized spacial score (nSPS) is 17.6. The zero-order valence-electron chi connectivity index (χ0n) is 15.2. The van der Waals surface area contributed by atoms with E-state index in [1.165, 1.54) is 11.1 Å². The zero-order chi connectivity index (χ0) is 18.1. The van der Waals surface area contributed by atoms with Crippen LogP contribution in [0.15, 0.2) is 36.5 Å². The van der Waals surface area contributed by atoms with Crippen LogP contribution in [0.5, 0.6) is 0 Å². The summed E-state index contributed by atoms with van der Waals surface area (Å²) in [5.74, 6) is 1.10. The highest BCUT2D eigenvalue weighted by Gasteiger charge is 2.27. The molecule has 26 heavy (non-hydrogen) atoms. The fourth-order valence-corrected chi connectivity index (χ4v) is 3.61. The molecule has 1 aliphatic rings. The van der Waals surface area contributed by atoms with E-state index in [1.807, 2.05) is 17.9 Å². The first-order chi connectivity index (χ1) is 12.6. The summed E-state index contributed by atoms with van der Waals surface area (Å²) in [7, 11) is 0. The molecule has 1 atom stereocenters. The van der Waals surface area contributed by atoms with E-state index in [9.17, 15) is 4.79 Å². The van der Waals surface area contributed by atoms with Crippen LogP contribution in [0.4, 0.5) is 0 Å². The number of amides is 1. The van der Waals surface area contributed by atoms with Crippen molar-refractivity contribution in [3.8, 4) is 0 Å². The maximum absolute atomic E-state index is 12.9. The van der Waals surface area contributed by atoms with Gasteiger partial charge in [-0.05, 0) is 50.7 Å². The van der Waals surface area contributed by atoms with Gasteiger partial charge in [0.15, 0.2) is 0 Å². The highest BCUT2D eigenvalue weighted by atomic mass is 16.2. The van der Waals surface area contributed by atoms with Crippen LogP contribution in [-0.4, -0.2) is 43.5 Å². The van der Waals surface area contributed by atoms with Gasteiger partial charge in [0, 0.05) is 25.0 Å². The second kappa shape index (κ2) is 6.86. The van der Waals surface area contributed by atoms with Gasteiger partial charge in [0.1, 0.15) is 0 Å². The van der Waals surface area contributed by atoms with Crippen LogP contribution in [0.2, 0.25) is 0 Å². The van der Waals surface area contributed by atoms with Crippen LogP contribution in [0.3, 0.4) is 0 Å². The summed E-state index contributed by atoms with van der Waals surface area (Å²) in [6.45, 7) is 5.55. The lowest BCUT2D eigenvalue weighted by molar-refractivity contribution is 0.0661. The van der Waals surface area contributed by atoms with E-state index in [2.05, 4.69) is 46.3 Å². The number of likely N-dealkylation sites (tertiary alicyclic amines) is 1. The Morgan fingerprint density at radius 3 is 2.77 bits per heavy atom. The van der Waals surface area contributed by atoms with Crippen LogP contribution in [-0.2, 0) is 6.42 Å². The molecule has 4 rings (SSSR count). The summed E-state index contributed by atoms with van der Waals surface area (Å²) >= 11 is 0. The molecule has 1 fully saturated rings. The Kier molecular flexibility index (Phi) is 4.41. The zero-order valence-corrected chi connectivity index (χ0v) is 15.2. The van der Waals surface area contributed by atoms with Crippen LogP contribution >= 0.6 is 0 Å². The van der Waals surface area contributed by atoms with E-state index < -0.39 is 0 Å². The number of piperidine rings is 1. The fourth-order valence-electron chi connectivity index (χ4n) is 3.61. The quantitative estimate of drug-likeness (QED) is 0.729. The van der Waals surface area contributed by atoms with E-state index in [4.69, 9.17) is 0 Å². The lowest BCUT2D eigenvalue weighted by Crippen LogP contribution is -2.41. The fraction of sp³-hybridized carbons (Fsp3) is 0.400. The number of benzene rings is 1. The van der Waals surface area contributed by atoms with Gasteiger partial charge in [-0.2, -0.15) is 4.98 Å². The molecule has 3 heterocycles. The van der Waals surface area contributed by atoms with E-state index >= 15 is 0 Å². The highest BCUT2D eigenvalue weighted by molar-refractivity contribution is 5.91.